The highest BCUT2D eigenvalue weighted by atomic mass is 15.3. The first-order valence-corrected chi connectivity index (χ1v) is 5.69. The van der Waals surface area contributed by atoms with Crippen LogP contribution in [0.1, 0.15) is 29.9 Å². The SMILES string of the molecule is Nc1ccnn1Cc1cccc(C2CC2)c1. The zero-order valence-corrected chi connectivity index (χ0v) is 9.13. The highest BCUT2D eigenvalue weighted by Gasteiger charge is 2.23. The van der Waals surface area contributed by atoms with Crippen molar-refractivity contribution in [1.82, 2.24) is 9.78 Å². The lowest BCUT2D eigenvalue weighted by Gasteiger charge is -2.06. The Hall–Kier alpha value is -1.77. The molecule has 0 bridgehead atoms. The van der Waals surface area contributed by atoms with Crippen LogP contribution in [0.2, 0.25) is 0 Å². The van der Waals surface area contributed by atoms with E-state index in [1.807, 2.05) is 10.7 Å². The zero-order valence-electron chi connectivity index (χ0n) is 9.13. The van der Waals surface area contributed by atoms with Crippen molar-refractivity contribution in [3.05, 3.63) is 47.7 Å². The topological polar surface area (TPSA) is 43.8 Å². The molecular formula is C13H15N3. The third-order valence-corrected chi connectivity index (χ3v) is 3.08. The Kier molecular flexibility index (Phi) is 2.17. The van der Waals surface area contributed by atoms with Crippen LogP contribution in [0.4, 0.5) is 5.82 Å². The van der Waals surface area contributed by atoms with Gasteiger partial charge in [-0.3, -0.25) is 0 Å². The first-order valence-electron chi connectivity index (χ1n) is 5.69. The molecule has 0 amide bonds. The molecule has 0 spiro atoms. The smallest absolute Gasteiger partial charge is 0.122 e. The summed E-state index contributed by atoms with van der Waals surface area (Å²) in [4.78, 5) is 0. The summed E-state index contributed by atoms with van der Waals surface area (Å²) >= 11 is 0. The fourth-order valence-electron chi connectivity index (χ4n) is 2.01. The Labute approximate surface area is 94.9 Å². The standard InChI is InChI=1S/C13H15N3/c14-13-6-7-15-16(13)9-10-2-1-3-12(8-10)11-4-5-11/h1-3,6-8,11H,4-5,9,14H2. The Morgan fingerprint density at radius 1 is 1.31 bits per heavy atom. The summed E-state index contributed by atoms with van der Waals surface area (Å²) in [6.45, 7) is 0.763. The maximum absolute atomic E-state index is 5.80. The van der Waals surface area contributed by atoms with Gasteiger partial charge in [-0.15, -0.1) is 0 Å². The lowest BCUT2D eigenvalue weighted by Crippen LogP contribution is -2.05. The Morgan fingerprint density at radius 2 is 2.19 bits per heavy atom. The van der Waals surface area contributed by atoms with Crippen molar-refractivity contribution in [2.24, 2.45) is 0 Å². The monoisotopic (exact) mass is 213 g/mol. The molecular weight excluding hydrogens is 198 g/mol. The van der Waals surface area contributed by atoms with Crippen molar-refractivity contribution in [2.75, 3.05) is 5.73 Å². The van der Waals surface area contributed by atoms with Gasteiger partial charge < -0.3 is 5.73 Å². The predicted octanol–water partition coefficient (Wildman–Crippen LogP) is 2.39. The summed E-state index contributed by atoms with van der Waals surface area (Å²) in [5.41, 5.74) is 8.54. The Bertz CT molecular complexity index is 497. The van der Waals surface area contributed by atoms with E-state index in [2.05, 4.69) is 29.4 Å². The van der Waals surface area contributed by atoms with Crippen LogP contribution in [0.5, 0.6) is 0 Å². The molecule has 3 rings (SSSR count). The number of hydrogen-bond donors (Lipinski definition) is 1. The van der Waals surface area contributed by atoms with Crippen LogP contribution in [-0.2, 0) is 6.54 Å². The van der Waals surface area contributed by atoms with Gasteiger partial charge in [0.05, 0.1) is 12.7 Å². The first kappa shape index (κ1) is 9.46. The summed E-state index contributed by atoms with van der Waals surface area (Å²) in [6.07, 6.45) is 4.42. The normalized spacial score (nSPS) is 15.2. The van der Waals surface area contributed by atoms with E-state index in [1.54, 1.807) is 6.20 Å². The number of anilines is 1. The van der Waals surface area contributed by atoms with Gasteiger partial charge in [-0.1, -0.05) is 24.3 Å². The molecule has 2 aromatic rings. The summed E-state index contributed by atoms with van der Waals surface area (Å²) in [7, 11) is 0. The molecule has 0 saturated heterocycles. The van der Waals surface area contributed by atoms with Gasteiger partial charge in [-0.25, -0.2) is 4.68 Å². The van der Waals surface area contributed by atoms with Crippen LogP contribution in [0.25, 0.3) is 0 Å². The van der Waals surface area contributed by atoms with E-state index in [0.717, 1.165) is 18.3 Å². The van der Waals surface area contributed by atoms with Crippen LogP contribution in [0, 0.1) is 0 Å². The Morgan fingerprint density at radius 3 is 2.88 bits per heavy atom. The van der Waals surface area contributed by atoms with Gasteiger partial charge in [0, 0.05) is 0 Å². The van der Waals surface area contributed by atoms with Crippen LogP contribution in [0.3, 0.4) is 0 Å². The molecule has 3 nitrogen and oxygen atoms in total. The summed E-state index contributed by atoms with van der Waals surface area (Å²) in [5.74, 6) is 1.52. The number of nitrogen functional groups attached to an aromatic ring is 1. The van der Waals surface area contributed by atoms with Gasteiger partial charge in [0.25, 0.3) is 0 Å². The molecule has 0 unspecified atom stereocenters. The van der Waals surface area contributed by atoms with Crippen LogP contribution in [0.15, 0.2) is 36.5 Å². The number of nitrogens with two attached hydrogens (primary N) is 1. The molecule has 1 fully saturated rings. The number of rotatable bonds is 3. The summed E-state index contributed by atoms with van der Waals surface area (Å²) < 4.78 is 1.83. The largest absolute Gasteiger partial charge is 0.384 e. The molecule has 1 aromatic heterocycles. The third-order valence-electron chi connectivity index (χ3n) is 3.08. The summed E-state index contributed by atoms with van der Waals surface area (Å²) in [5, 5.41) is 4.19. The average molecular weight is 213 g/mol. The fourth-order valence-corrected chi connectivity index (χ4v) is 2.01. The Balaban J connectivity index is 1.84. The number of aromatic nitrogens is 2. The van der Waals surface area contributed by atoms with E-state index in [4.69, 9.17) is 5.73 Å². The number of benzene rings is 1. The molecule has 82 valence electrons. The van der Waals surface area contributed by atoms with Gasteiger partial charge >= 0.3 is 0 Å². The lowest BCUT2D eigenvalue weighted by molar-refractivity contribution is 0.696. The lowest BCUT2D eigenvalue weighted by atomic mass is 10.1. The first-order chi connectivity index (χ1) is 7.83. The van der Waals surface area contributed by atoms with Gasteiger partial charge in [0.2, 0.25) is 0 Å². The van der Waals surface area contributed by atoms with E-state index in [9.17, 15) is 0 Å². The number of nitrogens with zero attached hydrogens (tertiary/aromatic N) is 2. The minimum Gasteiger partial charge on any atom is -0.384 e. The van der Waals surface area contributed by atoms with Gasteiger partial charge in [-0.05, 0) is 36.0 Å². The van der Waals surface area contributed by atoms with Gasteiger partial charge in [-0.2, -0.15) is 5.10 Å². The molecule has 1 aromatic carbocycles. The highest BCUT2D eigenvalue weighted by Crippen LogP contribution is 2.40. The van der Waals surface area contributed by atoms with Crippen LogP contribution in [-0.4, -0.2) is 9.78 Å². The van der Waals surface area contributed by atoms with Crippen molar-refractivity contribution < 1.29 is 0 Å². The van der Waals surface area contributed by atoms with E-state index in [-0.39, 0.29) is 0 Å². The second-order valence-corrected chi connectivity index (χ2v) is 4.43. The van der Waals surface area contributed by atoms with E-state index >= 15 is 0 Å². The van der Waals surface area contributed by atoms with Gasteiger partial charge in [0.1, 0.15) is 5.82 Å². The second-order valence-electron chi connectivity index (χ2n) is 4.43. The summed E-state index contributed by atoms with van der Waals surface area (Å²) in [6, 6.07) is 10.6. The molecule has 2 N–H and O–H groups in total. The van der Waals surface area contributed by atoms with E-state index < -0.39 is 0 Å². The maximum Gasteiger partial charge on any atom is 0.122 e. The second kappa shape index (κ2) is 3.67. The minimum absolute atomic E-state index is 0.719. The molecule has 1 aliphatic carbocycles. The van der Waals surface area contributed by atoms with Gasteiger partial charge in [0.15, 0.2) is 0 Å². The minimum atomic E-state index is 0.719. The third kappa shape index (κ3) is 1.81. The molecule has 16 heavy (non-hydrogen) atoms. The van der Waals surface area contributed by atoms with Crippen molar-refractivity contribution in [3.63, 3.8) is 0 Å². The van der Waals surface area contributed by atoms with E-state index in [0.29, 0.717) is 0 Å². The zero-order chi connectivity index (χ0) is 11.0. The fraction of sp³-hybridized carbons (Fsp3) is 0.308. The molecule has 0 atom stereocenters. The highest BCUT2D eigenvalue weighted by molar-refractivity contribution is 5.31. The maximum atomic E-state index is 5.80. The van der Waals surface area contributed by atoms with Crippen molar-refractivity contribution in [3.8, 4) is 0 Å². The van der Waals surface area contributed by atoms with Crippen LogP contribution >= 0.6 is 0 Å². The molecule has 0 radical (unpaired) electrons. The molecule has 1 aliphatic rings. The molecule has 1 heterocycles. The van der Waals surface area contributed by atoms with Crippen molar-refractivity contribution >= 4 is 5.82 Å². The van der Waals surface area contributed by atoms with Crippen LogP contribution < -0.4 is 5.73 Å². The molecule has 1 saturated carbocycles. The number of hydrogen-bond acceptors (Lipinski definition) is 2. The molecule has 3 heteroatoms. The van der Waals surface area contributed by atoms with Crippen molar-refractivity contribution in [2.45, 2.75) is 25.3 Å². The predicted molar refractivity (Wildman–Crippen MR) is 64.2 cm³/mol. The molecule has 0 aliphatic heterocycles. The quantitative estimate of drug-likeness (QED) is 0.850. The average Bonchev–Trinajstić information content (AvgIpc) is 3.06. The van der Waals surface area contributed by atoms with E-state index in [1.165, 1.54) is 24.0 Å². The van der Waals surface area contributed by atoms with Crippen molar-refractivity contribution in [1.29, 1.82) is 0 Å².